The number of carbonyl (C=O) groups excluding carboxylic acids is 1. The summed E-state index contributed by atoms with van der Waals surface area (Å²) in [5, 5.41) is 11.8. The Morgan fingerprint density at radius 3 is 2.80 bits per heavy atom. The molecule has 0 atom stereocenters. The van der Waals surface area contributed by atoms with Crippen molar-refractivity contribution >= 4 is 17.3 Å². The maximum atomic E-state index is 12.2. The van der Waals surface area contributed by atoms with Gasteiger partial charge in [-0.05, 0) is 18.2 Å². The third-order valence-corrected chi connectivity index (χ3v) is 2.86. The monoisotopic (exact) mass is 270 g/mol. The van der Waals surface area contributed by atoms with Crippen molar-refractivity contribution in [2.75, 3.05) is 18.2 Å². The number of ether oxygens (including phenoxy) is 1. The molecule has 1 aromatic heterocycles. The lowest BCUT2D eigenvalue weighted by Gasteiger charge is -2.11. The lowest BCUT2D eigenvalue weighted by molar-refractivity contribution is 0.101. The number of nitriles is 1. The third-order valence-electron chi connectivity index (χ3n) is 2.86. The summed E-state index contributed by atoms with van der Waals surface area (Å²) in [4.78, 5) is 12.2. The summed E-state index contributed by atoms with van der Waals surface area (Å²) in [6.45, 7) is 0. The third kappa shape index (κ3) is 2.42. The number of nitrogens with two attached hydrogens (primary N) is 1. The average Bonchev–Trinajstić information content (AvgIpc) is 2.78. The Labute approximate surface area is 116 Å². The fourth-order valence-electron chi connectivity index (χ4n) is 1.92. The molecular formula is C14H14N4O2. The minimum atomic E-state index is -0.356. The molecule has 0 spiro atoms. The predicted molar refractivity (Wildman–Crippen MR) is 75.5 cm³/mol. The van der Waals surface area contributed by atoms with E-state index in [0.29, 0.717) is 28.4 Å². The van der Waals surface area contributed by atoms with Crippen LogP contribution in [0.15, 0.2) is 30.5 Å². The van der Waals surface area contributed by atoms with E-state index in [-0.39, 0.29) is 5.91 Å². The van der Waals surface area contributed by atoms with E-state index >= 15 is 0 Å². The van der Waals surface area contributed by atoms with Gasteiger partial charge in [0.15, 0.2) is 0 Å². The normalized spacial score (nSPS) is 9.85. The minimum absolute atomic E-state index is 0.333. The van der Waals surface area contributed by atoms with Gasteiger partial charge in [-0.15, -0.1) is 0 Å². The minimum Gasteiger partial charge on any atom is -0.495 e. The van der Waals surface area contributed by atoms with Crippen molar-refractivity contribution < 1.29 is 9.53 Å². The van der Waals surface area contributed by atoms with Gasteiger partial charge >= 0.3 is 0 Å². The molecule has 2 aromatic rings. The van der Waals surface area contributed by atoms with Crippen molar-refractivity contribution in [2.24, 2.45) is 7.05 Å². The van der Waals surface area contributed by atoms with Crippen LogP contribution >= 0.6 is 0 Å². The highest BCUT2D eigenvalue weighted by Crippen LogP contribution is 2.28. The van der Waals surface area contributed by atoms with Crippen molar-refractivity contribution in [3.8, 4) is 11.8 Å². The molecule has 0 fully saturated rings. The number of para-hydroxylation sites is 1. The number of amides is 1. The Balaban J connectivity index is 2.37. The second-order valence-electron chi connectivity index (χ2n) is 4.22. The first-order chi connectivity index (χ1) is 9.56. The molecular weight excluding hydrogens is 256 g/mol. The van der Waals surface area contributed by atoms with Gasteiger partial charge in [-0.1, -0.05) is 6.07 Å². The van der Waals surface area contributed by atoms with E-state index in [1.807, 2.05) is 6.07 Å². The standard InChI is InChI=1S/C14H14N4O2/c1-18-8-10(16)6-11(18)14(19)17-13-9(7-15)4-3-5-12(13)20-2/h3-6,8H,16H2,1-2H3,(H,17,19). The van der Waals surface area contributed by atoms with Crippen LogP contribution in [0.2, 0.25) is 0 Å². The SMILES string of the molecule is COc1cccc(C#N)c1NC(=O)c1cc(N)cn1C. The van der Waals surface area contributed by atoms with E-state index in [0.717, 1.165) is 0 Å². The van der Waals surface area contributed by atoms with Crippen LogP contribution in [-0.2, 0) is 7.05 Å². The van der Waals surface area contributed by atoms with Crippen molar-refractivity contribution in [2.45, 2.75) is 0 Å². The number of methoxy groups -OCH3 is 1. The molecule has 2 rings (SSSR count). The van der Waals surface area contributed by atoms with Gasteiger partial charge in [0.25, 0.3) is 5.91 Å². The van der Waals surface area contributed by atoms with E-state index in [4.69, 9.17) is 15.7 Å². The summed E-state index contributed by atoms with van der Waals surface area (Å²) >= 11 is 0. The Hall–Kier alpha value is -2.94. The van der Waals surface area contributed by atoms with Crippen molar-refractivity contribution in [3.63, 3.8) is 0 Å². The van der Waals surface area contributed by atoms with Gasteiger partial charge in [-0.2, -0.15) is 5.26 Å². The fourth-order valence-corrected chi connectivity index (χ4v) is 1.92. The Morgan fingerprint density at radius 1 is 1.50 bits per heavy atom. The molecule has 0 bridgehead atoms. The first-order valence-electron chi connectivity index (χ1n) is 5.87. The number of aromatic nitrogens is 1. The van der Waals surface area contributed by atoms with Gasteiger partial charge in [0.2, 0.25) is 0 Å². The molecule has 0 unspecified atom stereocenters. The Kier molecular flexibility index (Phi) is 3.62. The topological polar surface area (TPSA) is 93.1 Å². The second-order valence-corrected chi connectivity index (χ2v) is 4.22. The molecule has 6 nitrogen and oxygen atoms in total. The number of nitrogens with zero attached hydrogens (tertiary/aromatic N) is 2. The number of aryl methyl sites for hydroxylation is 1. The van der Waals surface area contributed by atoms with Crippen LogP contribution in [-0.4, -0.2) is 17.6 Å². The van der Waals surface area contributed by atoms with Crippen molar-refractivity contribution in [1.82, 2.24) is 4.57 Å². The first kappa shape index (κ1) is 13.5. The molecule has 0 radical (unpaired) electrons. The highest BCUT2D eigenvalue weighted by atomic mass is 16.5. The van der Waals surface area contributed by atoms with Gasteiger partial charge in [0.1, 0.15) is 23.2 Å². The maximum Gasteiger partial charge on any atom is 0.272 e. The number of rotatable bonds is 3. The molecule has 0 saturated carbocycles. The zero-order chi connectivity index (χ0) is 14.7. The van der Waals surface area contributed by atoms with E-state index in [1.54, 1.807) is 42.1 Å². The largest absolute Gasteiger partial charge is 0.495 e. The molecule has 1 amide bonds. The quantitative estimate of drug-likeness (QED) is 0.888. The van der Waals surface area contributed by atoms with Gasteiger partial charge in [-0.3, -0.25) is 4.79 Å². The van der Waals surface area contributed by atoms with E-state index in [2.05, 4.69) is 5.32 Å². The molecule has 0 aliphatic rings. The summed E-state index contributed by atoms with van der Waals surface area (Å²) in [5.74, 6) is 0.0739. The number of nitrogens with one attached hydrogen (secondary N) is 1. The molecule has 0 saturated heterocycles. The lowest BCUT2D eigenvalue weighted by atomic mass is 10.1. The zero-order valence-corrected chi connectivity index (χ0v) is 11.2. The van der Waals surface area contributed by atoms with Gasteiger partial charge < -0.3 is 20.4 Å². The van der Waals surface area contributed by atoms with Crippen molar-refractivity contribution in [3.05, 3.63) is 41.7 Å². The Bertz CT molecular complexity index is 698. The summed E-state index contributed by atoms with van der Waals surface area (Å²) in [6.07, 6.45) is 1.64. The number of benzene rings is 1. The summed E-state index contributed by atoms with van der Waals surface area (Å²) < 4.78 is 6.78. The van der Waals surface area contributed by atoms with Crippen LogP contribution in [0.25, 0.3) is 0 Å². The average molecular weight is 270 g/mol. The number of carbonyl (C=O) groups is 1. The van der Waals surface area contributed by atoms with Crippen LogP contribution in [0.1, 0.15) is 16.1 Å². The number of anilines is 2. The smallest absolute Gasteiger partial charge is 0.272 e. The summed E-state index contributed by atoms with van der Waals surface area (Å²) in [7, 11) is 3.20. The van der Waals surface area contributed by atoms with Crippen LogP contribution in [0, 0.1) is 11.3 Å². The predicted octanol–water partition coefficient (Wildman–Crippen LogP) is 1.74. The van der Waals surface area contributed by atoms with Crippen LogP contribution in [0.5, 0.6) is 5.75 Å². The fraction of sp³-hybridized carbons (Fsp3) is 0.143. The summed E-state index contributed by atoms with van der Waals surface area (Å²) in [5.41, 5.74) is 7.23. The van der Waals surface area contributed by atoms with Gasteiger partial charge in [0, 0.05) is 13.2 Å². The number of nitrogen functional groups attached to an aromatic ring is 1. The molecule has 3 N–H and O–H groups in total. The Morgan fingerprint density at radius 2 is 2.25 bits per heavy atom. The molecule has 1 aromatic carbocycles. The number of hydrogen-bond donors (Lipinski definition) is 2. The van der Waals surface area contributed by atoms with E-state index < -0.39 is 0 Å². The van der Waals surface area contributed by atoms with Gasteiger partial charge in [-0.25, -0.2) is 0 Å². The molecule has 6 heteroatoms. The van der Waals surface area contributed by atoms with E-state index in [9.17, 15) is 4.79 Å². The number of hydrogen-bond acceptors (Lipinski definition) is 4. The zero-order valence-electron chi connectivity index (χ0n) is 11.2. The molecule has 0 aliphatic heterocycles. The summed E-state index contributed by atoms with van der Waals surface area (Å²) in [6, 6.07) is 8.56. The molecule has 20 heavy (non-hydrogen) atoms. The first-order valence-corrected chi connectivity index (χ1v) is 5.87. The lowest BCUT2D eigenvalue weighted by Crippen LogP contribution is -2.16. The van der Waals surface area contributed by atoms with Crippen molar-refractivity contribution in [1.29, 1.82) is 5.26 Å². The second kappa shape index (κ2) is 5.36. The van der Waals surface area contributed by atoms with Crippen LogP contribution < -0.4 is 15.8 Å². The molecule has 1 heterocycles. The highest BCUT2D eigenvalue weighted by Gasteiger charge is 2.16. The van der Waals surface area contributed by atoms with Gasteiger partial charge in [0.05, 0.1) is 18.4 Å². The molecule has 102 valence electrons. The van der Waals surface area contributed by atoms with E-state index in [1.165, 1.54) is 7.11 Å². The highest BCUT2D eigenvalue weighted by molar-refractivity contribution is 6.05. The van der Waals surface area contributed by atoms with Crippen LogP contribution in [0.3, 0.4) is 0 Å². The molecule has 0 aliphatic carbocycles. The van der Waals surface area contributed by atoms with Crippen LogP contribution in [0.4, 0.5) is 11.4 Å². The maximum absolute atomic E-state index is 12.2.